The second-order valence-electron chi connectivity index (χ2n) is 2.77. The summed E-state index contributed by atoms with van der Waals surface area (Å²) in [6.07, 6.45) is 0. The normalized spacial score (nSPS) is 15.6. The first-order valence-electron chi connectivity index (χ1n) is 4.37. The van der Waals surface area contributed by atoms with Crippen LogP contribution < -0.4 is 4.74 Å². The second kappa shape index (κ2) is 4.75. The number of aliphatic imine (C=N–C) groups is 1. The molecule has 1 aromatic rings. The monoisotopic (exact) mass is 225 g/mol. The van der Waals surface area contributed by atoms with Crippen LogP contribution >= 0.6 is 23.5 Å². The molecule has 4 heteroatoms. The van der Waals surface area contributed by atoms with Crippen molar-refractivity contribution in [3.05, 3.63) is 24.3 Å². The van der Waals surface area contributed by atoms with E-state index in [-0.39, 0.29) is 0 Å². The van der Waals surface area contributed by atoms with Gasteiger partial charge in [0.25, 0.3) is 0 Å². The van der Waals surface area contributed by atoms with Gasteiger partial charge in [0.05, 0.1) is 12.8 Å². The number of ether oxygens (including phenoxy) is 1. The van der Waals surface area contributed by atoms with Crippen LogP contribution in [0.5, 0.6) is 5.75 Å². The van der Waals surface area contributed by atoms with Crippen LogP contribution in [0, 0.1) is 0 Å². The topological polar surface area (TPSA) is 21.6 Å². The van der Waals surface area contributed by atoms with E-state index in [0.717, 1.165) is 11.4 Å². The number of hydrogen-bond acceptors (Lipinski definition) is 4. The molecule has 1 fully saturated rings. The molecule has 0 radical (unpaired) electrons. The SMILES string of the molecule is COc1ccc(N=C2SCCS2)cc1. The zero-order chi connectivity index (χ0) is 9.80. The van der Waals surface area contributed by atoms with Crippen LogP contribution in [0.2, 0.25) is 0 Å². The molecular weight excluding hydrogens is 214 g/mol. The highest BCUT2D eigenvalue weighted by Crippen LogP contribution is 2.29. The zero-order valence-electron chi connectivity index (χ0n) is 7.90. The second-order valence-corrected chi connectivity index (χ2v) is 5.20. The van der Waals surface area contributed by atoms with E-state index in [1.54, 1.807) is 7.11 Å². The van der Waals surface area contributed by atoms with E-state index in [2.05, 4.69) is 4.99 Å². The molecule has 1 aliphatic rings. The number of benzene rings is 1. The Labute approximate surface area is 92.1 Å². The van der Waals surface area contributed by atoms with Crippen LogP contribution in [0.15, 0.2) is 29.3 Å². The van der Waals surface area contributed by atoms with Gasteiger partial charge in [0, 0.05) is 11.5 Å². The molecule has 1 aromatic carbocycles. The first-order chi connectivity index (χ1) is 6.88. The summed E-state index contributed by atoms with van der Waals surface area (Å²) in [6.45, 7) is 0. The Kier molecular flexibility index (Phi) is 3.37. The molecule has 0 atom stereocenters. The maximum Gasteiger partial charge on any atom is 0.130 e. The van der Waals surface area contributed by atoms with Crippen molar-refractivity contribution in [2.45, 2.75) is 0 Å². The van der Waals surface area contributed by atoms with Crippen LogP contribution in [0.4, 0.5) is 5.69 Å². The fourth-order valence-corrected chi connectivity index (χ4v) is 3.32. The number of hydrogen-bond donors (Lipinski definition) is 0. The molecule has 0 spiro atoms. The highest BCUT2D eigenvalue weighted by molar-refractivity contribution is 8.41. The highest BCUT2D eigenvalue weighted by Gasteiger charge is 2.09. The van der Waals surface area contributed by atoms with Crippen molar-refractivity contribution < 1.29 is 4.74 Å². The number of nitrogens with zero attached hydrogens (tertiary/aromatic N) is 1. The third kappa shape index (κ3) is 2.45. The molecule has 0 amide bonds. The minimum atomic E-state index is 0.876. The number of methoxy groups -OCH3 is 1. The Morgan fingerprint density at radius 3 is 2.36 bits per heavy atom. The van der Waals surface area contributed by atoms with Crippen molar-refractivity contribution in [1.82, 2.24) is 0 Å². The average Bonchev–Trinajstić information content (AvgIpc) is 2.72. The van der Waals surface area contributed by atoms with Crippen LogP contribution in [0.25, 0.3) is 0 Å². The van der Waals surface area contributed by atoms with E-state index in [1.165, 1.54) is 15.9 Å². The molecule has 0 N–H and O–H groups in total. The van der Waals surface area contributed by atoms with Crippen molar-refractivity contribution in [2.24, 2.45) is 4.99 Å². The Hall–Kier alpha value is -0.610. The van der Waals surface area contributed by atoms with Gasteiger partial charge in [0.2, 0.25) is 0 Å². The van der Waals surface area contributed by atoms with Crippen molar-refractivity contribution >= 4 is 33.6 Å². The van der Waals surface area contributed by atoms with Gasteiger partial charge in [-0.1, -0.05) is 23.5 Å². The molecule has 14 heavy (non-hydrogen) atoms. The molecular formula is C10H11NOS2. The van der Waals surface area contributed by atoms with Crippen LogP contribution in [0.1, 0.15) is 0 Å². The molecule has 1 aliphatic heterocycles. The molecule has 2 nitrogen and oxygen atoms in total. The van der Waals surface area contributed by atoms with E-state index in [0.29, 0.717) is 0 Å². The fourth-order valence-electron chi connectivity index (χ4n) is 1.13. The van der Waals surface area contributed by atoms with Gasteiger partial charge >= 0.3 is 0 Å². The quantitative estimate of drug-likeness (QED) is 0.771. The maximum atomic E-state index is 5.08. The first kappa shape index (κ1) is 9.93. The molecule has 0 aromatic heterocycles. The van der Waals surface area contributed by atoms with Gasteiger partial charge in [0.15, 0.2) is 0 Å². The van der Waals surface area contributed by atoms with Gasteiger partial charge in [-0.15, -0.1) is 0 Å². The fraction of sp³-hybridized carbons (Fsp3) is 0.300. The average molecular weight is 225 g/mol. The predicted molar refractivity (Wildman–Crippen MR) is 65.0 cm³/mol. The summed E-state index contributed by atoms with van der Waals surface area (Å²) < 4.78 is 6.26. The van der Waals surface area contributed by atoms with Crippen molar-refractivity contribution in [3.8, 4) is 5.75 Å². The lowest BCUT2D eigenvalue weighted by atomic mass is 10.3. The summed E-state index contributed by atoms with van der Waals surface area (Å²) in [6, 6.07) is 7.82. The first-order valence-corrected chi connectivity index (χ1v) is 6.34. The van der Waals surface area contributed by atoms with Gasteiger partial charge in [0.1, 0.15) is 10.1 Å². The summed E-state index contributed by atoms with van der Waals surface area (Å²) in [7, 11) is 1.67. The molecule has 0 unspecified atom stereocenters. The van der Waals surface area contributed by atoms with E-state index in [1.807, 2.05) is 47.8 Å². The molecule has 0 bridgehead atoms. The minimum absolute atomic E-state index is 0.876. The van der Waals surface area contributed by atoms with E-state index in [9.17, 15) is 0 Å². The van der Waals surface area contributed by atoms with Gasteiger partial charge < -0.3 is 4.74 Å². The molecule has 0 aliphatic carbocycles. The Morgan fingerprint density at radius 1 is 1.14 bits per heavy atom. The number of rotatable bonds is 2. The van der Waals surface area contributed by atoms with Crippen molar-refractivity contribution in [1.29, 1.82) is 0 Å². The van der Waals surface area contributed by atoms with Crippen molar-refractivity contribution in [2.75, 3.05) is 18.6 Å². The van der Waals surface area contributed by atoms with Gasteiger partial charge in [-0.3, -0.25) is 0 Å². The van der Waals surface area contributed by atoms with Crippen LogP contribution in [0.3, 0.4) is 0 Å². The zero-order valence-corrected chi connectivity index (χ0v) is 9.53. The van der Waals surface area contributed by atoms with Gasteiger partial charge in [-0.2, -0.15) is 0 Å². The third-order valence-electron chi connectivity index (χ3n) is 1.83. The lowest BCUT2D eigenvalue weighted by Crippen LogP contribution is -1.80. The smallest absolute Gasteiger partial charge is 0.130 e. The molecule has 2 rings (SSSR count). The Bertz CT molecular complexity index is 326. The van der Waals surface area contributed by atoms with Crippen LogP contribution in [-0.4, -0.2) is 23.0 Å². The maximum absolute atomic E-state index is 5.08. The molecule has 74 valence electrons. The largest absolute Gasteiger partial charge is 0.497 e. The van der Waals surface area contributed by atoms with E-state index >= 15 is 0 Å². The van der Waals surface area contributed by atoms with Gasteiger partial charge in [-0.05, 0) is 24.3 Å². The summed E-state index contributed by atoms with van der Waals surface area (Å²) >= 11 is 3.66. The molecule has 1 saturated heterocycles. The lowest BCUT2D eigenvalue weighted by molar-refractivity contribution is 0.415. The Balaban J connectivity index is 2.12. The number of thioether (sulfide) groups is 2. The lowest BCUT2D eigenvalue weighted by Gasteiger charge is -1.99. The summed E-state index contributed by atoms with van der Waals surface area (Å²) in [4.78, 5) is 4.52. The Morgan fingerprint density at radius 2 is 1.79 bits per heavy atom. The highest BCUT2D eigenvalue weighted by atomic mass is 32.2. The summed E-state index contributed by atoms with van der Waals surface area (Å²) in [5.41, 5.74) is 1.00. The summed E-state index contributed by atoms with van der Waals surface area (Å²) in [5.74, 6) is 3.24. The van der Waals surface area contributed by atoms with E-state index in [4.69, 9.17) is 4.74 Å². The third-order valence-corrected chi connectivity index (χ3v) is 4.29. The van der Waals surface area contributed by atoms with Crippen LogP contribution in [-0.2, 0) is 0 Å². The van der Waals surface area contributed by atoms with E-state index < -0.39 is 0 Å². The molecule has 1 heterocycles. The summed E-state index contributed by atoms with van der Waals surface area (Å²) in [5, 5.41) is 0. The van der Waals surface area contributed by atoms with Gasteiger partial charge in [-0.25, -0.2) is 4.99 Å². The minimum Gasteiger partial charge on any atom is -0.497 e. The molecule has 0 saturated carbocycles. The standard InChI is InChI=1S/C10H11NOS2/c1-12-9-4-2-8(3-5-9)11-10-13-6-7-14-10/h2-5H,6-7H2,1H3. The van der Waals surface area contributed by atoms with Crippen molar-refractivity contribution in [3.63, 3.8) is 0 Å². The predicted octanol–water partition coefficient (Wildman–Crippen LogP) is 3.16.